The first kappa shape index (κ1) is 15.2. The van der Waals surface area contributed by atoms with E-state index in [1.54, 1.807) is 24.3 Å². The maximum atomic E-state index is 12.0. The monoisotopic (exact) mass is 317 g/mol. The standard InChI is InChI=1S/C12H10F3N3O2S/c1-20-8-4-2-7(3-5-8)10-17-11(21-18-10)16-9(19)6-12(13,14)15/h2-5H,6H2,1H3,(H,16,17,18,19). The second kappa shape index (κ2) is 6.08. The van der Waals surface area contributed by atoms with Gasteiger partial charge in [-0.3, -0.25) is 4.79 Å². The van der Waals surface area contributed by atoms with E-state index in [4.69, 9.17) is 4.74 Å². The van der Waals surface area contributed by atoms with Crippen molar-refractivity contribution in [2.24, 2.45) is 0 Å². The Bertz CT molecular complexity index is 625. The van der Waals surface area contributed by atoms with Gasteiger partial charge in [0.2, 0.25) is 11.0 Å². The minimum Gasteiger partial charge on any atom is -0.497 e. The van der Waals surface area contributed by atoms with Crippen LogP contribution in [0.3, 0.4) is 0 Å². The maximum Gasteiger partial charge on any atom is 0.397 e. The second-order valence-corrected chi connectivity index (χ2v) is 4.74. The van der Waals surface area contributed by atoms with Gasteiger partial charge in [-0.1, -0.05) is 0 Å². The zero-order valence-corrected chi connectivity index (χ0v) is 11.6. The molecule has 0 aliphatic carbocycles. The lowest BCUT2D eigenvalue weighted by Crippen LogP contribution is -2.21. The van der Waals surface area contributed by atoms with Crippen molar-refractivity contribution < 1.29 is 22.7 Å². The summed E-state index contributed by atoms with van der Waals surface area (Å²) in [5.74, 6) is -0.183. The average molecular weight is 317 g/mol. The minimum atomic E-state index is -4.55. The van der Waals surface area contributed by atoms with Gasteiger partial charge in [0, 0.05) is 17.1 Å². The van der Waals surface area contributed by atoms with Crippen LogP contribution in [0.25, 0.3) is 11.4 Å². The van der Waals surface area contributed by atoms with Gasteiger partial charge in [-0.25, -0.2) is 0 Å². The first-order valence-electron chi connectivity index (χ1n) is 5.72. The largest absolute Gasteiger partial charge is 0.497 e. The fourth-order valence-electron chi connectivity index (χ4n) is 1.48. The molecule has 9 heteroatoms. The third-order valence-electron chi connectivity index (χ3n) is 2.38. The van der Waals surface area contributed by atoms with Gasteiger partial charge in [0.05, 0.1) is 7.11 Å². The molecule has 0 radical (unpaired) electrons. The molecule has 5 nitrogen and oxygen atoms in total. The topological polar surface area (TPSA) is 64.1 Å². The van der Waals surface area contributed by atoms with E-state index in [1.165, 1.54) is 7.11 Å². The molecule has 0 atom stereocenters. The second-order valence-electron chi connectivity index (χ2n) is 3.99. The number of amides is 1. The van der Waals surface area contributed by atoms with Gasteiger partial charge < -0.3 is 10.1 Å². The number of nitrogens with zero attached hydrogens (tertiary/aromatic N) is 2. The summed E-state index contributed by atoms with van der Waals surface area (Å²) < 4.78 is 45.1. The molecule has 1 aromatic heterocycles. The molecule has 1 heterocycles. The molecule has 0 unspecified atom stereocenters. The van der Waals surface area contributed by atoms with Gasteiger partial charge in [0.1, 0.15) is 12.2 Å². The van der Waals surface area contributed by atoms with Crippen molar-refractivity contribution in [2.75, 3.05) is 12.4 Å². The van der Waals surface area contributed by atoms with Crippen LogP contribution in [0.5, 0.6) is 5.75 Å². The summed E-state index contributed by atoms with van der Waals surface area (Å²) in [6.45, 7) is 0. The third kappa shape index (κ3) is 4.42. The van der Waals surface area contributed by atoms with E-state index < -0.39 is 18.5 Å². The number of nitrogens with one attached hydrogen (secondary N) is 1. The van der Waals surface area contributed by atoms with Crippen LogP contribution in [0.2, 0.25) is 0 Å². The molecule has 0 saturated heterocycles. The highest BCUT2D eigenvalue weighted by Crippen LogP contribution is 2.24. The van der Waals surface area contributed by atoms with Gasteiger partial charge in [0.25, 0.3) is 0 Å². The normalized spacial score (nSPS) is 11.2. The van der Waals surface area contributed by atoms with Gasteiger partial charge in [-0.2, -0.15) is 22.5 Å². The molecular formula is C12H10F3N3O2S. The van der Waals surface area contributed by atoms with E-state index >= 15 is 0 Å². The Labute approximate surface area is 121 Å². The number of benzene rings is 1. The Balaban J connectivity index is 2.05. The molecule has 0 bridgehead atoms. The number of anilines is 1. The Hall–Kier alpha value is -2.16. The summed E-state index contributed by atoms with van der Waals surface area (Å²) in [7, 11) is 1.53. The number of hydrogen-bond acceptors (Lipinski definition) is 5. The van der Waals surface area contributed by atoms with Gasteiger partial charge in [-0.15, -0.1) is 0 Å². The molecule has 1 aromatic carbocycles. The molecule has 0 aliphatic rings. The minimum absolute atomic E-state index is 0.0232. The molecule has 1 amide bonds. The quantitative estimate of drug-likeness (QED) is 0.941. The number of alkyl halides is 3. The summed E-state index contributed by atoms with van der Waals surface area (Å²) >= 11 is 0.817. The Morgan fingerprint density at radius 1 is 1.33 bits per heavy atom. The van der Waals surface area contributed by atoms with Crippen LogP contribution in [-0.2, 0) is 4.79 Å². The molecule has 0 aliphatic heterocycles. The smallest absolute Gasteiger partial charge is 0.397 e. The first-order valence-corrected chi connectivity index (χ1v) is 6.49. The molecule has 21 heavy (non-hydrogen) atoms. The number of rotatable bonds is 4. The summed E-state index contributed by atoms with van der Waals surface area (Å²) in [6.07, 6.45) is -6.10. The average Bonchev–Trinajstić information content (AvgIpc) is 2.85. The fraction of sp³-hybridized carbons (Fsp3) is 0.250. The number of carbonyl (C=O) groups is 1. The van der Waals surface area contributed by atoms with Crippen LogP contribution in [0, 0.1) is 0 Å². The van der Waals surface area contributed by atoms with Crippen molar-refractivity contribution in [3.05, 3.63) is 24.3 Å². The lowest BCUT2D eigenvalue weighted by Gasteiger charge is -2.04. The third-order valence-corrected chi connectivity index (χ3v) is 3.01. The highest BCUT2D eigenvalue weighted by molar-refractivity contribution is 7.10. The summed E-state index contributed by atoms with van der Waals surface area (Å²) in [4.78, 5) is 15.1. The number of hydrogen-bond donors (Lipinski definition) is 1. The van der Waals surface area contributed by atoms with E-state index in [0.717, 1.165) is 11.5 Å². The maximum absolute atomic E-state index is 12.0. The number of carbonyl (C=O) groups excluding carboxylic acids is 1. The summed E-state index contributed by atoms with van der Waals surface area (Å²) in [6, 6.07) is 6.83. The molecule has 0 saturated carbocycles. The number of ether oxygens (including phenoxy) is 1. The van der Waals surface area contributed by atoms with Crippen molar-refractivity contribution in [3.63, 3.8) is 0 Å². The molecule has 0 fully saturated rings. The van der Waals surface area contributed by atoms with Crippen LogP contribution in [0.15, 0.2) is 24.3 Å². The summed E-state index contributed by atoms with van der Waals surface area (Å²) in [5, 5.41) is 2.10. The molecular weight excluding hydrogens is 307 g/mol. The van der Waals surface area contributed by atoms with Crippen molar-refractivity contribution in [2.45, 2.75) is 12.6 Å². The van der Waals surface area contributed by atoms with Crippen molar-refractivity contribution >= 4 is 22.6 Å². The van der Waals surface area contributed by atoms with Crippen LogP contribution < -0.4 is 10.1 Å². The molecule has 112 valence electrons. The van der Waals surface area contributed by atoms with Crippen molar-refractivity contribution in [3.8, 4) is 17.1 Å². The van der Waals surface area contributed by atoms with Crippen molar-refractivity contribution in [1.29, 1.82) is 0 Å². The Morgan fingerprint density at radius 3 is 2.57 bits per heavy atom. The highest BCUT2D eigenvalue weighted by atomic mass is 32.1. The predicted molar refractivity (Wildman–Crippen MR) is 71.2 cm³/mol. The lowest BCUT2D eigenvalue weighted by atomic mass is 10.2. The number of methoxy groups -OCH3 is 1. The van der Waals surface area contributed by atoms with Crippen molar-refractivity contribution in [1.82, 2.24) is 9.36 Å². The van der Waals surface area contributed by atoms with E-state index in [2.05, 4.69) is 14.7 Å². The van der Waals surface area contributed by atoms with Crippen LogP contribution >= 0.6 is 11.5 Å². The highest BCUT2D eigenvalue weighted by Gasteiger charge is 2.31. The van der Waals surface area contributed by atoms with Crippen LogP contribution in [-0.4, -0.2) is 28.6 Å². The predicted octanol–water partition coefficient (Wildman–Crippen LogP) is 3.10. The SMILES string of the molecule is COc1ccc(-c2nsc(NC(=O)CC(F)(F)F)n2)cc1. The number of aromatic nitrogens is 2. The van der Waals surface area contributed by atoms with E-state index in [1.807, 2.05) is 0 Å². The van der Waals surface area contributed by atoms with E-state index in [0.29, 0.717) is 17.1 Å². The number of halogens is 3. The Kier molecular flexibility index (Phi) is 4.41. The zero-order chi connectivity index (χ0) is 15.5. The lowest BCUT2D eigenvalue weighted by molar-refractivity contribution is -0.150. The van der Waals surface area contributed by atoms with Gasteiger partial charge in [0.15, 0.2) is 5.82 Å². The van der Waals surface area contributed by atoms with Gasteiger partial charge >= 0.3 is 6.18 Å². The van der Waals surface area contributed by atoms with E-state index in [-0.39, 0.29) is 5.13 Å². The fourth-order valence-corrected chi connectivity index (χ4v) is 2.08. The molecule has 0 spiro atoms. The van der Waals surface area contributed by atoms with E-state index in [9.17, 15) is 18.0 Å². The van der Waals surface area contributed by atoms with Gasteiger partial charge in [-0.05, 0) is 24.3 Å². The first-order chi connectivity index (χ1) is 9.87. The molecule has 1 N–H and O–H groups in total. The molecule has 2 rings (SSSR count). The zero-order valence-electron chi connectivity index (χ0n) is 10.8. The van der Waals surface area contributed by atoms with Crippen LogP contribution in [0.1, 0.15) is 6.42 Å². The van der Waals surface area contributed by atoms with Crippen LogP contribution in [0.4, 0.5) is 18.3 Å². The molecule has 2 aromatic rings. The summed E-state index contributed by atoms with van der Waals surface area (Å²) in [5.41, 5.74) is 0.670. The Morgan fingerprint density at radius 2 is 2.00 bits per heavy atom.